The van der Waals surface area contributed by atoms with Crippen LogP contribution in [0, 0.1) is 0 Å². The van der Waals surface area contributed by atoms with E-state index in [0.29, 0.717) is 18.5 Å². The lowest BCUT2D eigenvalue weighted by molar-refractivity contribution is -0.174. The van der Waals surface area contributed by atoms with Crippen molar-refractivity contribution in [1.29, 1.82) is 0 Å². The summed E-state index contributed by atoms with van der Waals surface area (Å²) in [5, 5.41) is 2.10. The Morgan fingerprint density at radius 2 is 1.82 bits per heavy atom. The molecule has 1 aliphatic carbocycles. The average Bonchev–Trinajstić information content (AvgIpc) is 3.03. The van der Waals surface area contributed by atoms with E-state index in [1.165, 1.54) is 0 Å². The summed E-state index contributed by atoms with van der Waals surface area (Å²) in [7, 11) is 0. The van der Waals surface area contributed by atoms with Crippen LogP contribution in [-0.4, -0.2) is 30.6 Å². The molecule has 1 N–H and O–H groups in total. The van der Waals surface area contributed by atoms with Gasteiger partial charge in [0.15, 0.2) is 0 Å². The Morgan fingerprint density at radius 3 is 2.50 bits per heavy atom. The standard InChI is InChI=1S/C20H16BrF3N2O2/c21-15-6-7-16-17-12(10-26(16)18(27)11-4-2-1-3-5-11)8-13(9-14(15)17)25-19(28)20(22,23)24/h1-7,12-13H,8-10H2,(H,25,28). The van der Waals surface area contributed by atoms with Crippen LogP contribution in [0.2, 0.25) is 0 Å². The van der Waals surface area contributed by atoms with Gasteiger partial charge in [-0.15, -0.1) is 0 Å². The third-order valence-corrected chi connectivity index (χ3v) is 6.00. The van der Waals surface area contributed by atoms with Crippen molar-refractivity contribution in [1.82, 2.24) is 5.32 Å². The molecule has 0 saturated heterocycles. The molecule has 0 radical (unpaired) electrons. The van der Waals surface area contributed by atoms with Crippen molar-refractivity contribution in [2.75, 3.05) is 11.4 Å². The molecule has 146 valence electrons. The Bertz CT molecular complexity index is 946. The molecule has 8 heteroatoms. The zero-order valence-corrected chi connectivity index (χ0v) is 16.2. The smallest absolute Gasteiger partial charge is 0.345 e. The normalized spacial score (nSPS) is 20.6. The summed E-state index contributed by atoms with van der Waals surface area (Å²) in [6.07, 6.45) is -4.27. The Hall–Kier alpha value is -2.35. The minimum Gasteiger partial charge on any atom is -0.345 e. The Morgan fingerprint density at radius 1 is 1.11 bits per heavy atom. The third-order valence-electron chi connectivity index (χ3n) is 5.26. The van der Waals surface area contributed by atoms with E-state index in [0.717, 1.165) is 21.3 Å². The van der Waals surface area contributed by atoms with Crippen molar-refractivity contribution in [2.24, 2.45) is 0 Å². The van der Waals surface area contributed by atoms with E-state index in [1.807, 2.05) is 12.1 Å². The first-order valence-corrected chi connectivity index (χ1v) is 9.61. The lowest BCUT2D eigenvalue weighted by atomic mass is 9.81. The van der Waals surface area contributed by atoms with E-state index < -0.39 is 18.1 Å². The Kier molecular flexibility index (Phi) is 4.69. The molecule has 0 bridgehead atoms. The molecule has 2 unspecified atom stereocenters. The van der Waals surface area contributed by atoms with Gasteiger partial charge in [-0.2, -0.15) is 13.2 Å². The molecule has 0 aromatic heterocycles. The van der Waals surface area contributed by atoms with Gasteiger partial charge in [0.05, 0.1) is 0 Å². The first-order valence-electron chi connectivity index (χ1n) is 8.81. The maximum absolute atomic E-state index is 13.0. The topological polar surface area (TPSA) is 49.4 Å². The van der Waals surface area contributed by atoms with Gasteiger partial charge in [0.25, 0.3) is 5.91 Å². The molecular weight excluding hydrogens is 437 g/mol. The maximum Gasteiger partial charge on any atom is 0.471 e. The molecule has 28 heavy (non-hydrogen) atoms. The lowest BCUT2D eigenvalue weighted by Crippen LogP contribution is -2.46. The number of benzene rings is 2. The molecule has 4 nitrogen and oxygen atoms in total. The predicted octanol–water partition coefficient (Wildman–Crippen LogP) is 4.19. The fourth-order valence-electron chi connectivity index (χ4n) is 4.11. The number of hydrogen-bond acceptors (Lipinski definition) is 2. The summed E-state index contributed by atoms with van der Waals surface area (Å²) >= 11 is 3.47. The first-order chi connectivity index (χ1) is 13.3. The summed E-state index contributed by atoms with van der Waals surface area (Å²) in [4.78, 5) is 26.0. The number of carbonyl (C=O) groups is 2. The summed E-state index contributed by atoms with van der Waals surface area (Å²) in [6.45, 7) is 0.380. The van der Waals surface area contributed by atoms with E-state index in [4.69, 9.17) is 0 Å². The SMILES string of the molecule is O=C(c1ccccc1)N1CC2CC(NC(=O)C(F)(F)F)Cc3c(Br)ccc1c32. The van der Waals surface area contributed by atoms with Gasteiger partial charge in [-0.3, -0.25) is 9.59 Å². The summed E-state index contributed by atoms with van der Waals surface area (Å²) in [5.41, 5.74) is 3.18. The number of halogens is 4. The summed E-state index contributed by atoms with van der Waals surface area (Å²) in [5.74, 6) is -2.19. The van der Waals surface area contributed by atoms with Gasteiger partial charge < -0.3 is 10.2 Å². The van der Waals surface area contributed by atoms with E-state index >= 15 is 0 Å². The molecule has 2 atom stereocenters. The van der Waals surface area contributed by atoms with Crippen LogP contribution in [0.1, 0.15) is 33.8 Å². The molecule has 4 rings (SSSR count). The average molecular weight is 453 g/mol. The highest BCUT2D eigenvalue weighted by Gasteiger charge is 2.43. The third kappa shape index (κ3) is 3.30. The number of alkyl halides is 3. The molecule has 0 saturated carbocycles. The van der Waals surface area contributed by atoms with Crippen LogP contribution < -0.4 is 10.2 Å². The minimum atomic E-state index is -4.91. The van der Waals surface area contributed by atoms with Crippen LogP contribution in [0.25, 0.3) is 0 Å². The van der Waals surface area contributed by atoms with Crippen molar-refractivity contribution in [3.63, 3.8) is 0 Å². The molecule has 2 amide bonds. The molecule has 1 heterocycles. The zero-order valence-electron chi connectivity index (χ0n) is 14.6. The summed E-state index contributed by atoms with van der Waals surface area (Å²) in [6, 6.07) is 11.9. The van der Waals surface area contributed by atoms with Crippen LogP contribution in [0.4, 0.5) is 18.9 Å². The maximum atomic E-state index is 13.0. The van der Waals surface area contributed by atoms with Crippen LogP contribution in [0.15, 0.2) is 46.9 Å². The predicted molar refractivity (Wildman–Crippen MR) is 101 cm³/mol. The van der Waals surface area contributed by atoms with E-state index in [1.54, 1.807) is 35.2 Å². The molecular formula is C20H16BrF3N2O2. The second kappa shape index (κ2) is 6.92. The van der Waals surface area contributed by atoms with Gasteiger partial charge in [0.2, 0.25) is 0 Å². The fourth-order valence-corrected chi connectivity index (χ4v) is 4.61. The molecule has 0 fully saturated rings. The second-order valence-corrected chi connectivity index (χ2v) is 7.90. The highest BCUT2D eigenvalue weighted by molar-refractivity contribution is 9.10. The van der Waals surface area contributed by atoms with Gasteiger partial charge in [-0.25, -0.2) is 0 Å². The number of amides is 2. The largest absolute Gasteiger partial charge is 0.471 e. The van der Waals surface area contributed by atoms with Gasteiger partial charge in [-0.05, 0) is 48.2 Å². The molecule has 0 spiro atoms. The van der Waals surface area contributed by atoms with Crippen molar-refractivity contribution in [2.45, 2.75) is 31.0 Å². The molecule has 2 aromatic rings. The number of rotatable bonds is 2. The Labute approximate surface area is 167 Å². The van der Waals surface area contributed by atoms with Crippen LogP contribution >= 0.6 is 15.9 Å². The van der Waals surface area contributed by atoms with E-state index in [2.05, 4.69) is 21.2 Å². The fraction of sp³-hybridized carbons (Fsp3) is 0.300. The molecule has 2 aromatic carbocycles. The zero-order chi connectivity index (χ0) is 20.1. The van der Waals surface area contributed by atoms with Crippen molar-refractivity contribution in [3.8, 4) is 0 Å². The lowest BCUT2D eigenvalue weighted by Gasteiger charge is -2.30. The number of carbonyl (C=O) groups excluding carboxylic acids is 2. The minimum absolute atomic E-state index is 0.123. The number of nitrogens with zero attached hydrogens (tertiary/aromatic N) is 1. The highest BCUT2D eigenvalue weighted by atomic mass is 79.9. The van der Waals surface area contributed by atoms with E-state index in [9.17, 15) is 22.8 Å². The van der Waals surface area contributed by atoms with Crippen LogP contribution in [0.5, 0.6) is 0 Å². The van der Waals surface area contributed by atoms with Crippen molar-refractivity contribution < 1.29 is 22.8 Å². The molecule has 1 aliphatic heterocycles. The van der Waals surface area contributed by atoms with Gasteiger partial charge in [-0.1, -0.05) is 34.1 Å². The van der Waals surface area contributed by atoms with Crippen molar-refractivity contribution in [3.05, 3.63) is 63.6 Å². The quantitative estimate of drug-likeness (QED) is 0.742. The van der Waals surface area contributed by atoms with Gasteiger partial charge in [0, 0.05) is 34.2 Å². The Balaban J connectivity index is 1.64. The second-order valence-electron chi connectivity index (χ2n) is 7.05. The number of anilines is 1. The van der Waals surface area contributed by atoms with Gasteiger partial charge in [0.1, 0.15) is 0 Å². The number of nitrogens with one attached hydrogen (secondary N) is 1. The first kappa shape index (κ1) is 19.0. The van der Waals surface area contributed by atoms with Crippen molar-refractivity contribution >= 4 is 33.4 Å². The van der Waals surface area contributed by atoms with Crippen LogP contribution in [-0.2, 0) is 11.2 Å². The summed E-state index contributed by atoms with van der Waals surface area (Å²) < 4.78 is 38.7. The van der Waals surface area contributed by atoms with Crippen LogP contribution in [0.3, 0.4) is 0 Å². The highest BCUT2D eigenvalue weighted by Crippen LogP contribution is 2.47. The number of hydrogen-bond donors (Lipinski definition) is 1. The van der Waals surface area contributed by atoms with E-state index in [-0.39, 0.29) is 18.2 Å². The van der Waals surface area contributed by atoms with Gasteiger partial charge >= 0.3 is 12.1 Å². The molecule has 2 aliphatic rings. The monoisotopic (exact) mass is 452 g/mol.